The summed E-state index contributed by atoms with van der Waals surface area (Å²) in [6.07, 6.45) is 0. The van der Waals surface area contributed by atoms with Crippen LogP contribution in [0.1, 0.15) is 0 Å². The van der Waals surface area contributed by atoms with Crippen molar-refractivity contribution in [2.75, 3.05) is 0 Å². The van der Waals surface area contributed by atoms with E-state index in [1.165, 1.54) is 6.07 Å². The number of aromatic hydroxyl groups is 2. The van der Waals surface area contributed by atoms with Gasteiger partial charge in [-0.2, -0.15) is 0 Å². The molecule has 0 aromatic heterocycles. The van der Waals surface area contributed by atoms with Crippen molar-refractivity contribution in [3.63, 3.8) is 0 Å². The summed E-state index contributed by atoms with van der Waals surface area (Å²) < 4.78 is 0. The zero-order valence-electron chi connectivity index (χ0n) is 14.7. The van der Waals surface area contributed by atoms with E-state index in [1.54, 1.807) is 6.07 Å². The topological polar surface area (TPSA) is 40.5 Å². The minimum atomic E-state index is -2.32. The Kier molecular flexibility index (Phi) is 4.66. The van der Waals surface area contributed by atoms with Crippen LogP contribution in [0.25, 0.3) is 0 Å². The Morgan fingerprint density at radius 2 is 0.889 bits per heavy atom. The summed E-state index contributed by atoms with van der Waals surface area (Å²) in [5.74, 6) is 0.170. The van der Waals surface area contributed by atoms with Gasteiger partial charge in [0.2, 0.25) is 0 Å². The molecule has 0 fully saturated rings. The van der Waals surface area contributed by atoms with Gasteiger partial charge in [0.05, 0.1) is 0 Å². The number of hydrogen-bond acceptors (Lipinski definition) is 2. The lowest BCUT2D eigenvalue weighted by molar-refractivity contribution is 0.453. The molecule has 0 aliphatic rings. The van der Waals surface area contributed by atoms with Crippen LogP contribution in [0.3, 0.4) is 0 Å². The molecule has 3 heteroatoms. The Morgan fingerprint density at radius 3 is 1.26 bits per heavy atom. The fourth-order valence-corrected chi connectivity index (χ4v) is 7.91. The average Bonchev–Trinajstić information content (AvgIpc) is 2.72. The first-order valence-corrected chi connectivity index (χ1v) is 10.6. The maximum Gasteiger partial charge on any atom is 0.162 e. The van der Waals surface area contributed by atoms with Crippen molar-refractivity contribution < 1.29 is 10.2 Å². The fourth-order valence-electron chi connectivity index (χ4n) is 3.61. The first kappa shape index (κ1) is 17.3. The number of phenolic OH excluding ortho intramolecular Hbond substituents is 2. The van der Waals surface area contributed by atoms with E-state index >= 15 is 0 Å². The smallest absolute Gasteiger partial charge is 0.162 e. The predicted molar refractivity (Wildman–Crippen MR) is 115 cm³/mol. The molecule has 0 spiro atoms. The summed E-state index contributed by atoms with van der Waals surface area (Å²) in [4.78, 5) is 0. The quantitative estimate of drug-likeness (QED) is 0.537. The Morgan fingerprint density at radius 1 is 0.481 bits per heavy atom. The van der Waals surface area contributed by atoms with Crippen molar-refractivity contribution in [2.45, 2.75) is 0 Å². The summed E-state index contributed by atoms with van der Waals surface area (Å²) >= 11 is 0. The Labute approximate surface area is 159 Å². The number of benzene rings is 4. The zero-order valence-corrected chi connectivity index (χ0v) is 15.6. The summed E-state index contributed by atoms with van der Waals surface area (Å²) in [5.41, 5.74) is 0. The summed E-state index contributed by atoms with van der Waals surface area (Å²) in [5, 5.41) is 25.1. The molecule has 0 heterocycles. The van der Waals surface area contributed by atoms with Gasteiger partial charge in [-0.15, -0.1) is 0 Å². The van der Waals surface area contributed by atoms with Crippen LogP contribution in [0.4, 0.5) is 0 Å². The number of phenols is 2. The molecule has 0 saturated carbocycles. The first-order valence-electron chi connectivity index (χ1n) is 8.81. The molecule has 0 radical (unpaired) electrons. The van der Waals surface area contributed by atoms with Gasteiger partial charge in [0.15, 0.2) is 11.1 Å². The molecule has 132 valence electrons. The van der Waals surface area contributed by atoms with Crippen LogP contribution >= 0.6 is 7.26 Å². The van der Waals surface area contributed by atoms with Crippen molar-refractivity contribution in [3.8, 4) is 11.5 Å². The second kappa shape index (κ2) is 7.26. The third kappa shape index (κ3) is 2.99. The van der Waals surface area contributed by atoms with Gasteiger partial charge in [-0.05, 0) is 48.5 Å². The van der Waals surface area contributed by atoms with Crippen molar-refractivity contribution in [1.29, 1.82) is 0 Å². The predicted octanol–water partition coefficient (Wildman–Crippen LogP) is 3.72. The fraction of sp³-hybridized carbons (Fsp3) is 0. The highest BCUT2D eigenvalue weighted by atomic mass is 31.2. The number of hydrogen-bond donors (Lipinski definition) is 2. The third-order valence-electron chi connectivity index (χ3n) is 4.75. The van der Waals surface area contributed by atoms with Gasteiger partial charge in [0, 0.05) is 6.07 Å². The van der Waals surface area contributed by atoms with Gasteiger partial charge < -0.3 is 10.2 Å². The molecule has 0 unspecified atom stereocenters. The Bertz CT molecular complexity index is 935. The lowest BCUT2D eigenvalue weighted by atomic mass is 10.3. The molecule has 0 atom stereocenters. The minimum absolute atomic E-state index is 0.0588. The lowest BCUT2D eigenvalue weighted by Gasteiger charge is -2.28. The van der Waals surface area contributed by atoms with Crippen molar-refractivity contribution in [2.24, 2.45) is 0 Å². The Hall–Kier alpha value is -3.09. The van der Waals surface area contributed by atoms with Gasteiger partial charge in [0.25, 0.3) is 0 Å². The van der Waals surface area contributed by atoms with Crippen LogP contribution in [0, 0.1) is 0 Å². The number of rotatable bonds is 4. The first-order chi connectivity index (χ1) is 13.2. The molecule has 27 heavy (non-hydrogen) atoms. The molecular weight excluding hydrogens is 351 g/mol. The SMILES string of the molecule is Oc1ccc([P+](c2ccccc2)(c2ccccc2)c2ccccc2)c(O)c1. The largest absolute Gasteiger partial charge is 0.508 e. The highest BCUT2D eigenvalue weighted by Crippen LogP contribution is 2.56. The molecule has 4 aromatic rings. The van der Waals surface area contributed by atoms with E-state index in [0.29, 0.717) is 0 Å². The summed E-state index contributed by atoms with van der Waals surface area (Å²) in [7, 11) is -2.32. The van der Waals surface area contributed by atoms with Gasteiger partial charge in [-0.3, -0.25) is 0 Å². The molecule has 0 amide bonds. The van der Waals surface area contributed by atoms with E-state index in [0.717, 1.165) is 21.2 Å². The second-order valence-corrected chi connectivity index (χ2v) is 9.72. The lowest BCUT2D eigenvalue weighted by Crippen LogP contribution is -2.38. The second-order valence-electron chi connectivity index (χ2n) is 6.35. The van der Waals surface area contributed by atoms with Gasteiger partial charge in [-0.25, -0.2) is 0 Å². The molecule has 4 rings (SSSR count). The van der Waals surface area contributed by atoms with E-state index < -0.39 is 7.26 Å². The Balaban J connectivity index is 2.16. The maximum absolute atomic E-state index is 10.9. The van der Waals surface area contributed by atoms with Gasteiger partial charge in [-0.1, -0.05) is 54.6 Å². The van der Waals surface area contributed by atoms with E-state index in [-0.39, 0.29) is 11.5 Å². The average molecular weight is 371 g/mol. The van der Waals surface area contributed by atoms with E-state index in [1.807, 2.05) is 60.7 Å². The molecule has 0 aliphatic heterocycles. The van der Waals surface area contributed by atoms with E-state index in [9.17, 15) is 10.2 Å². The maximum atomic E-state index is 10.9. The highest BCUT2D eigenvalue weighted by molar-refractivity contribution is 8.01. The molecule has 0 saturated heterocycles. The van der Waals surface area contributed by atoms with Crippen LogP contribution in [0.5, 0.6) is 11.5 Å². The standard InChI is InChI=1S/C24H19O2P/c25-19-16-17-24(23(26)18-19)27(20-10-4-1-5-11-20,21-12-6-2-7-13-21)22-14-8-3-9-15-22/h1-18H,(H-,25,26)/p+1. The normalized spacial score (nSPS) is 11.3. The van der Waals surface area contributed by atoms with Crippen molar-refractivity contribution in [1.82, 2.24) is 0 Å². The summed E-state index contributed by atoms with van der Waals surface area (Å²) in [6, 6.07) is 35.9. The monoisotopic (exact) mass is 371 g/mol. The molecule has 0 bridgehead atoms. The summed E-state index contributed by atoms with van der Waals surface area (Å²) in [6.45, 7) is 0. The van der Waals surface area contributed by atoms with Crippen molar-refractivity contribution in [3.05, 3.63) is 109 Å². The van der Waals surface area contributed by atoms with Crippen LogP contribution < -0.4 is 21.2 Å². The van der Waals surface area contributed by atoms with E-state index in [2.05, 4.69) is 36.4 Å². The molecule has 0 aliphatic carbocycles. The van der Waals surface area contributed by atoms with Crippen LogP contribution in [-0.4, -0.2) is 10.2 Å². The molecule has 2 N–H and O–H groups in total. The van der Waals surface area contributed by atoms with Crippen molar-refractivity contribution >= 4 is 28.5 Å². The third-order valence-corrected chi connectivity index (χ3v) is 9.07. The van der Waals surface area contributed by atoms with Gasteiger partial charge in [0.1, 0.15) is 28.9 Å². The van der Waals surface area contributed by atoms with Gasteiger partial charge >= 0.3 is 0 Å². The van der Waals surface area contributed by atoms with Crippen LogP contribution in [0.2, 0.25) is 0 Å². The zero-order chi connectivity index (χ0) is 18.7. The van der Waals surface area contributed by atoms with Crippen LogP contribution in [0.15, 0.2) is 109 Å². The minimum Gasteiger partial charge on any atom is -0.508 e. The molecular formula is C24H20O2P+. The molecule has 2 nitrogen and oxygen atoms in total. The van der Waals surface area contributed by atoms with Crippen LogP contribution in [-0.2, 0) is 0 Å². The highest BCUT2D eigenvalue weighted by Gasteiger charge is 2.49. The van der Waals surface area contributed by atoms with E-state index in [4.69, 9.17) is 0 Å². The molecule has 4 aromatic carbocycles.